The number of rotatable bonds is 6. The maximum Gasteiger partial charge on any atom is 0.408 e. The summed E-state index contributed by atoms with van der Waals surface area (Å²) in [5, 5.41) is 11.0. The molecule has 0 aromatic heterocycles. The number of carboxylic acids is 1. The zero-order valence-corrected chi connectivity index (χ0v) is 15.7. The highest BCUT2D eigenvalue weighted by atomic mass is 16.6. The van der Waals surface area contributed by atoms with Crippen LogP contribution >= 0.6 is 0 Å². The van der Waals surface area contributed by atoms with Gasteiger partial charge in [0.1, 0.15) is 17.2 Å². The predicted octanol–water partition coefficient (Wildman–Crippen LogP) is 1.63. The van der Waals surface area contributed by atoms with Crippen LogP contribution in [-0.4, -0.2) is 52.5 Å². The largest absolute Gasteiger partial charge is 0.479 e. The number of alkyl carbamates (subject to hydrolysis) is 1. The molecule has 2 N–H and O–H groups in total. The summed E-state index contributed by atoms with van der Waals surface area (Å²) in [6, 6.07) is -1.44. The van der Waals surface area contributed by atoms with Gasteiger partial charge in [0.2, 0.25) is 0 Å². The van der Waals surface area contributed by atoms with Gasteiger partial charge in [0.25, 0.3) is 0 Å². The summed E-state index contributed by atoms with van der Waals surface area (Å²) in [6.07, 6.45) is -2.91. The van der Waals surface area contributed by atoms with Gasteiger partial charge in [0.05, 0.1) is 6.42 Å². The number of aliphatic carboxylic acids is 1. The second-order valence-electron chi connectivity index (χ2n) is 7.41. The van der Waals surface area contributed by atoms with Gasteiger partial charge in [-0.15, -0.1) is 0 Å². The van der Waals surface area contributed by atoms with Crippen molar-refractivity contribution in [2.75, 3.05) is 0 Å². The van der Waals surface area contributed by atoms with Crippen LogP contribution in [0.5, 0.6) is 0 Å². The highest BCUT2D eigenvalue weighted by Gasteiger charge is 2.31. The molecular weight excluding hydrogens is 334 g/mol. The first-order valence-corrected chi connectivity index (χ1v) is 7.75. The van der Waals surface area contributed by atoms with Crippen molar-refractivity contribution in [3.63, 3.8) is 0 Å². The Labute approximate surface area is 147 Å². The van der Waals surface area contributed by atoms with E-state index in [9.17, 15) is 19.2 Å². The van der Waals surface area contributed by atoms with Crippen LogP contribution in [0, 0.1) is 0 Å². The van der Waals surface area contributed by atoms with Gasteiger partial charge in [-0.1, -0.05) is 0 Å². The maximum absolute atomic E-state index is 12.1. The van der Waals surface area contributed by atoms with Gasteiger partial charge >= 0.3 is 24.0 Å². The molecule has 0 aromatic carbocycles. The highest BCUT2D eigenvalue weighted by molar-refractivity contribution is 5.87. The van der Waals surface area contributed by atoms with Gasteiger partial charge in [0, 0.05) is 0 Å². The van der Waals surface area contributed by atoms with E-state index >= 15 is 0 Å². The monoisotopic (exact) mass is 361 g/mol. The molecule has 0 radical (unpaired) electrons. The van der Waals surface area contributed by atoms with Crippen molar-refractivity contribution in [2.45, 2.75) is 78.2 Å². The predicted molar refractivity (Wildman–Crippen MR) is 86.8 cm³/mol. The van der Waals surface area contributed by atoms with Crippen LogP contribution < -0.4 is 5.32 Å². The Balaban J connectivity index is 5.10. The molecule has 0 aromatic rings. The first-order chi connectivity index (χ1) is 11.1. The minimum atomic E-state index is -1.44. The lowest BCUT2D eigenvalue weighted by Crippen LogP contribution is -2.47. The molecule has 0 rings (SSSR count). The van der Waals surface area contributed by atoms with Crippen molar-refractivity contribution in [3.05, 3.63) is 0 Å². The second-order valence-corrected chi connectivity index (χ2v) is 7.41. The normalized spacial score (nSPS) is 14.0. The van der Waals surface area contributed by atoms with E-state index in [1.807, 2.05) is 0 Å². The summed E-state index contributed by atoms with van der Waals surface area (Å²) in [5.74, 6) is -3.19. The minimum absolute atomic E-state index is 0.526. The van der Waals surface area contributed by atoms with Crippen LogP contribution in [-0.2, 0) is 28.6 Å². The Hall–Kier alpha value is -2.32. The average molecular weight is 361 g/mol. The van der Waals surface area contributed by atoms with Crippen LogP contribution in [0.4, 0.5) is 4.79 Å². The van der Waals surface area contributed by atoms with Crippen molar-refractivity contribution in [1.82, 2.24) is 5.32 Å². The quantitative estimate of drug-likeness (QED) is 0.539. The third kappa shape index (κ3) is 11.0. The molecule has 144 valence electrons. The third-order valence-electron chi connectivity index (χ3n) is 2.41. The highest BCUT2D eigenvalue weighted by Crippen LogP contribution is 2.12. The molecular formula is C16H27NO8. The molecule has 9 nitrogen and oxygen atoms in total. The number of carbonyl (C=O) groups is 4. The fourth-order valence-corrected chi connectivity index (χ4v) is 1.50. The molecule has 0 fully saturated rings. The lowest BCUT2D eigenvalue weighted by molar-refractivity contribution is -0.166. The van der Waals surface area contributed by atoms with E-state index in [2.05, 4.69) is 5.32 Å². The molecule has 0 aliphatic rings. The van der Waals surface area contributed by atoms with Gasteiger partial charge < -0.3 is 24.6 Å². The molecule has 0 heterocycles. The van der Waals surface area contributed by atoms with Gasteiger partial charge in [-0.25, -0.2) is 14.4 Å². The first-order valence-electron chi connectivity index (χ1n) is 7.75. The van der Waals surface area contributed by atoms with E-state index in [-0.39, 0.29) is 0 Å². The zero-order chi connectivity index (χ0) is 20.0. The molecule has 0 spiro atoms. The SMILES string of the molecule is C[C@H](OC(=O)[C@H](CC(=O)OC(C)(C)C)NC(=O)OC(C)(C)C)C(=O)O. The minimum Gasteiger partial charge on any atom is -0.479 e. The number of ether oxygens (including phenoxy) is 3. The molecule has 25 heavy (non-hydrogen) atoms. The lowest BCUT2D eigenvalue weighted by atomic mass is 10.1. The van der Waals surface area contributed by atoms with E-state index < -0.39 is 53.8 Å². The van der Waals surface area contributed by atoms with Crippen LogP contribution in [0.25, 0.3) is 0 Å². The van der Waals surface area contributed by atoms with Crippen molar-refractivity contribution >= 4 is 24.0 Å². The smallest absolute Gasteiger partial charge is 0.408 e. The van der Waals surface area contributed by atoms with Crippen LogP contribution in [0.3, 0.4) is 0 Å². The molecule has 9 heteroatoms. The van der Waals surface area contributed by atoms with Crippen molar-refractivity contribution < 1.29 is 38.5 Å². The Kier molecular flexibility index (Phi) is 7.88. The first kappa shape index (κ1) is 22.7. The van der Waals surface area contributed by atoms with Gasteiger partial charge in [-0.3, -0.25) is 4.79 Å². The fraction of sp³-hybridized carbons (Fsp3) is 0.750. The molecule has 0 aliphatic carbocycles. The average Bonchev–Trinajstić information content (AvgIpc) is 2.32. The molecule has 1 amide bonds. The standard InChI is InChI=1S/C16H27NO8/c1-9(12(19)20)23-13(21)10(8-11(18)24-15(2,3)4)17-14(22)25-16(5,6)7/h9-10H,8H2,1-7H3,(H,17,22)(H,19,20)/t9-,10-/m0/s1. The molecule has 0 saturated heterocycles. The van der Waals surface area contributed by atoms with Crippen molar-refractivity contribution in [3.8, 4) is 0 Å². The molecule has 0 aliphatic heterocycles. The lowest BCUT2D eigenvalue weighted by Gasteiger charge is -2.24. The summed E-state index contributed by atoms with van der Waals surface area (Å²) < 4.78 is 14.8. The number of carboxylic acid groups (broad SMARTS) is 1. The van der Waals surface area contributed by atoms with E-state index in [1.165, 1.54) is 0 Å². The summed E-state index contributed by atoms with van der Waals surface area (Å²) >= 11 is 0. The number of esters is 2. The van der Waals surface area contributed by atoms with Gasteiger partial charge in [-0.05, 0) is 48.5 Å². The van der Waals surface area contributed by atoms with E-state index in [0.29, 0.717) is 0 Å². The molecule has 0 unspecified atom stereocenters. The Morgan fingerprint density at radius 3 is 1.84 bits per heavy atom. The van der Waals surface area contributed by atoms with Crippen molar-refractivity contribution in [1.29, 1.82) is 0 Å². The van der Waals surface area contributed by atoms with Crippen LogP contribution in [0.15, 0.2) is 0 Å². The summed E-state index contributed by atoms with van der Waals surface area (Å²) in [5.41, 5.74) is -1.61. The van der Waals surface area contributed by atoms with E-state index in [0.717, 1.165) is 6.92 Å². The van der Waals surface area contributed by atoms with E-state index in [1.54, 1.807) is 41.5 Å². The zero-order valence-electron chi connectivity index (χ0n) is 15.7. The number of hydrogen-bond acceptors (Lipinski definition) is 7. The van der Waals surface area contributed by atoms with Crippen molar-refractivity contribution in [2.24, 2.45) is 0 Å². The maximum atomic E-state index is 12.1. The molecule has 2 atom stereocenters. The van der Waals surface area contributed by atoms with E-state index in [4.69, 9.17) is 19.3 Å². The Morgan fingerprint density at radius 1 is 0.960 bits per heavy atom. The number of nitrogens with one attached hydrogen (secondary N) is 1. The molecule has 0 bridgehead atoms. The Bertz CT molecular complexity index is 485. The van der Waals surface area contributed by atoms with Gasteiger partial charge in [0.15, 0.2) is 6.10 Å². The van der Waals surface area contributed by atoms with Crippen LogP contribution in [0.2, 0.25) is 0 Å². The third-order valence-corrected chi connectivity index (χ3v) is 2.41. The molecule has 0 saturated carbocycles. The Morgan fingerprint density at radius 2 is 1.44 bits per heavy atom. The number of carbonyl (C=O) groups excluding carboxylic acids is 3. The topological polar surface area (TPSA) is 128 Å². The number of amides is 1. The summed E-state index contributed by atoms with van der Waals surface area (Å²) in [6.45, 7) is 11.0. The van der Waals surface area contributed by atoms with Gasteiger partial charge in [-0.2, -0.15) is 0 Å². The summed E-state index contributed by atoms with van der Waals surface area (Å²) in [4.78, 5) is 46.7. The second kappa shape index (κ2) is 8.68. The summed E-state index contributed by atoms with van der Waals surface area (Å²) in [7, 11) is 0. The number of hydrogen-bond donors (Lipinski definition) is 2. The van der Waals surface area contributed by atoms with Crippen LogP contribution in [0.1, 0.15) is 54.9 Å². The fourth-order valence-electron chi connectivity index (χ4n) is 1.50.